The van der Waals surface area contributed by atoms with Crippen molar-refractivity contribution in [3.8, 4) is 45.3 Å². The fourth-order valence-corrected chi connectivity index (χ4v) is 6.90. The maximum Gasteiger partial charge on any atom is 0.260 e. The molecule has 0 saturated heterocycles. The molecule has 3 heteroatoms. The second kappa shape index (κ2) is 7.17. The van der Waals surface area contributed by atoms with Crippen LogP contribution in [0.4, 0.5) is 0 Å². The number of rotatable bonds is 2. The van der Waals surface area contributed by atoms with Crippen molar-refractivity contribution in [2.75, 3.05) is 0 Å². The molecule has 0 aromatic heterocycles. The van der Waals surface area contributed by atoms with Crippen molar-refractivity contribution in [3.63, 3.8) is 0 Å². The van der Waals surface area contributed by atoms with Gasteiger partial charge >= 0.3 is 0 Å². The summed E-state index contributed by atoms with van der Waals surface area (Å²) in [5, 5.41) is 0. The third-order valence-electron chi connectivity index (χ3n) is 8.79. The topological polar surface area (TPSA) is 18.5 Å². The summed E-state index contributed by atoms with van der Waals surface area (Å²) in [5.41, 5.74) is 14.6. The van der Waals surface area contributed by atoms with E-state index >= 15 is 0 Å². The zero-order valence-electron chi connectivity index (χ0n) is 20.4. The van der Waals surface area contributed by atoms with Crippen LogP contribution in [0.3, 0.4) is 0 Å². The molecule has 0 bridgehead atoms. The highest BCUT2D eigenvalue weighted by molar-refractivity contribution is 6.98. The van der Waals surface area contributed by atoms with E-state index in [1.807, 2.05) is 0 Å². The Hall–Kier alpha value is -4.24. The molecule has 0 spiro atoms. The molecule has 5 aromatic rings. The Morgan fingerprint density at radius 1 is 0.514 bits per heavy atom. The lowest BCUT2D eigenvalue weighted by Crippen LogP contribution is -2.58. The first-order valence-electron chi connectivity index (χ1n) is 13.3. The number of ether oxygens (including phenoxy) is 2. The molecule has 0 unspecified atom stereocenters. The first-order chi connectivity index (χ1) is 18.3. The summed E-state index contributed by atoms with van der Waals surface area (Å²) in [6, 6.07) is 32.7. The molecule has 2 aliphatic heterocycles. The van der Waals surface area contributed by atoms with Crippen molar-refractivity contribution in [2.24, 2.45) is 0 Å². The maximum atomic E-state index is 6.80. The van der Waals surface area contributed by atoms with Crippen LogP contribution in [-0.4, -0.2) is 6.71 Å². The highest BCUT2D eigenvalue weighted by Gasteiger charge is 2.44. The van der Waals surface area contributed by atoms with E-state index in [4.69, 9.17) is 9.47 Å². The van der Waals surface area contributed by atoms with E-state index in [0.29, 0.717) is 0 Å². The normalized spacial score (nSPS) is 15.0. The summed E-state index contributed by atoms with van der Waals surface area (Å²) in [6.07, 6.45) is 4.48. The molecule has 0 atom stereocenters. The predicted molar refractivity (Wildman–Crippen MR) is 150 cm³/mol. The number of aryl methyl sites for hydroxylation is 2. The predicted octanol–water partition coefficient (Wildman–Crippen LogP) is 5.95. The van der Waals surface area contributed by atoms with Gasteiger partial charge in [-0.1, -0.05) is 78.9 Å². The molecular formula is C34H23BO2. The molecule has 0 saturated carbocycles. The molecule has 4 aliphatic rings. The van der Waals surface area contributed by atoms with Gasteiger partial charge in [-0.3, -0.25) is 0 Å². The molecule has 5 aromatic carbocycles. The fraction of sp³-hybridized carbons (Fsp3) is 0.118. The largest absolute Gasteiger partial charge is 0.458 e. The van der Waals surface area contributed by atoms with Gasteiger partial charge in [-0.25, -0.2) is 0 Å². The standard InChI is InChI=1S/C34H23BO2/c1-3-8-20(9-4-1)30-24-16-14-22(24)18-26-33(30)36-28-12-7-13-29-32(28)35(26)27-19-23-15-17-25(23)31(34(27)37-29)21-10-5-2-6-11-21/h1-13,18-19H,14-17H2. The van der Waals surface area contributed by atoms with E-state index in [2.05, 4.69) is 91.0 Å². The smallest absolute Gasteiger partial charge is 0.260 e. The molecule has 9 rings (SSSR count). The molecule has 0 N–H and O–H groups in total. The highest BCUT2D eigenvalue weighted by Crippen LogP contribution is 2.47. The monoisotopic (exact) mass is 474 g/mol. The Bertz CT molecular complexity index is 1650. The lowest BCUT2D eigenvalue weighted by Gasteiger charge is -2.38. The van der Waals surface area contributed by atoms with Crippen molar-refractivity contribution in [1.82, 2.24) is 0 Å². The molecular weight excluding hydrogens is 451 g/mol. The summed E-state index contributed by atoms with van der Waals surface area (Å²) in [5.74, 6) is 3.88. The summed E-state index contributed by atoms with van der Waals surface area (Å²) < 4.78 is 13.6. The van der Waals surface area contributed by atoms with E-state index in [9.17, 15) is 0 Å². The fourth-order valence-electron chi connectivity index (χ4n) is 6.90. The third kappa shape index (κ3) is 2.61. The van der Waals surface area contributed by atoms with Crippen LogP contribution in [-0.2, 0) is 25.7 Å². The van der Waals surface area contributed by atoms with Gasteiger partial charge in [-0.05, 0) is 82.1 Å². The Balaban J connectivity index is 1.37. The van der Waals surface area contributed by atoms with Gasteiger partial charge in [0.15, 0.2) is 0 Å². The molecule has 2 heterocycles. The summed E-state index contributed by atoms with van der Waals surface area (Å²) >= 11 is 0. The van der Waals surface area contributed by atoms with Gasteiger partial charge in [0.25, 0.3) is 6.71 Å². The van der Waals surface area contributed by atoms with Crippen LogP contribution in [0.25, 0.3) is 22.3 Å². The van der Waals surface area contributed by atoms with Gasteiger partial charge in [0, 0.05) is 16.6 Å². The van der Waals surface area contributed by atoms with E-state index in [1.165, 1.54) is 60.9 Å². The van der Waals surface area contributed by atoms with Crippen LogP contribution in [0.15, 0.2) is 91.0 Å². The Morgan fingerprint density at radius 3 is 1.43 bits per heavy atom. The maximum absolute atomic E-state index is 6.80. The minimum absolute atomic E-state index is 0.0976. The van der Waals surface area contributed by atoms with Crippen molar-refractivity contribution in [1.29, 1.82) is 0 Å². The summed E-state index contributed by atoms with van der Waals surface area (Å²) in [4.78, 5) is 0. The van der Waals surface area contributed by atoms with Crippen molar-refractivity contribution in [2.45, 2.75) is 25.7 Å². The molecule has 37 heavy (non-hydrogen) atoms. The Labute approximate surface area is 216 Å². The summed E-state index contributed by atoms with van der Waals surface area (Å²) in [6.45, 7) is 0.0976. The third-order valence-corrected chi connectivity index (χ3v) is 8.79. The number of hydrogen-bond acceptors (Lipinski definition) is 2. The molecule has 0 radical (unpaired) electrons. The van der Waals surface area contributed by atoms with Gasteiger partial charge in [-0.15, -0.1) is 0 Å². The van der Waals surface area contributed by atoms with E-state index < -0.39 is 0 Å². The van der Waals surface area contributed by atoms with Crippen LogP contribution in [0, 0.1) is 0 Å². The van der Waals surface area contributed by atoms with Crippen LogP contribution >= 0.6 is 0 Å². The van der Waals surface area contributed by atoms with Crippen LogP contribution in [0.5, 0.6) is 23.0 Å². The Kier molecular flexibility index (Phi) is 3.85. The second-order valence-electron chi connectivity index (χ2n) is 10.7. The average Bonchev–Trinajstić information content (AvgIpc) is 2.91. The van der Waals surface area contributed by atoms with Gasteiger partial charge < -0.3 is 9.47 Å². The van der Waals surface area contributed by atoms with E-state index in [1.54, 1.807) is 0 Å². The zero-order chi connectivity index (χ0) is 24.1. The van der Waals surface area contributed by atoms with E-state index in [-0.39, 0.29) is 6.71 Å². The minimum atomic E-state index is 0.0976. The minimum Gasteiger partial charge on any atom is -0.458 e. The molecule has 2 aliphatic carbocycles. The zero-order valence-corrected chi connectivity index (χ0v) is 20.4. The second-order valence-corrected chi connectivity index (χ2v) is 10.7. The average molecular weight is 474 g/mol. The number of benzene rings is 5. The molecule has 0 fully saturated rings. The lowest BCUT2D eigenvalue weighted by molar-refractivity contribution is 0.464. The SMILES string of the molecule is c1ccc(-c2c3c(cc4c2Oc2cccc5c2B4c2cc4c(c(-c6ccccc6)c2O5)CC4)CC3)cc1. The highest BCUT2D eigenvalue weighted by atomic mass is 16.5. The van der Waals surface area contributed by atoms with Crippen molar-refractivity contribution >= 4 is 23.1 Å². The van der Waals surface area contributed by atoms with Crippen molar-refractivity contribution < 1.29 is 9.47 Å². The van der Waals surface area contributed by atoms with Gasteiger partial charge in [0.1, 0.15) is 23.0 Å². The quantitative estimate of drug-likeness (QED) is 0.289. The first kappa shape index (κ1) is 19.9. The van der Waals surface area contributed by atoms with Crippen LogP contribution in [0.1, 0.15) is 22.3 Å². The van der Waals surface area contributed by atoms with Gasteiger partial charge in [-0.2, -0.15) is 0 Å². The number of hydrogen-bond donors (Lipinski definition) is 0. The van der Waals surface area contributed by atoms with Crippen molar-refractivity contribution in [3.05, 3.63) is 113 Å². The molecule has 2 nitrogen and oxygen atoms in total. The van der Waals surface area contributed by atoms with E-state index in [0.717, 1.165) is 48.7 Å². The molecule has 174 valence electrons. The van der Waals surface area contributed by atoms with Crippen LogP contribution < -0.4 is 25.9 Å². The lowest BCUT2D eigenvalue weighted by atomic mass is 9.34. The van der Waals surface area contributed by atoms with Gasteiger partial charge in [0.05, 0.1) is 0 Å². The number of fused-ring (bicyclic) bond motifs is 6. The summed E-state index contributed by atoms with van der Waals surface area (Å²) in [7, 11) is 0. The Morgan fingerprint density at radius 2 is 1.00 bits per heavy atom. The first-order valence-corrected chi connectivity index (χ1v) is 13.3. The van der Waals surface area contributed by atoms with Crippen LogP contribution in [0.2, 0.25) is 0 Å². The van der Waals surface area contributed by atoms with Gasteiger partial charge in [0.2, 0.25) is 0 Å². The molecule has 0 amide bonds.